The largest absolute Gasteiger partial charge is 0.484 e. The van der Waals surface area contributed by atoms with Crippen LogP contribution in [0, 0.1) is 5.92 Å². The van der Waals surface area contributed by atoms with Gasteiger partial charge in [0.2, 0.25) is 5.91 Å². The van der Waals surface area contributed by atoms with Crippen molar-refractivity contribution >= 4 is 35.3 Å². The lowest BCUT2D eigenvalue weighted by Crippen LogP contribution is -2.49. The van der Waals surface area contributed by atoms with Gasteiger partial charge in [-0.15, -0.1) is 0 Å². The molecule has 0 bridgehead atoms. The van der Waals surface area contributed by atoms with Gasteiger partial charge in [0.25, 0.3) is 5.91 Å². The number of hydrazine groups is 1. The number of urea groups is 1. The van der Waals surface area contributed by atoms with Gasteiger partial charge in [-0.05, 0) is 36.8 Å². The van der Waals surface area contributed by atoms with E-state index in [4.69, 9.17) is 28.8 Å². The Morgan fingerprint density at radius 1 is 0.907 bits per heavy atom. The summed E-state index contributed by atoms with van der Waals surface area (Å²) in [7, 11) is 0. The fraction of sp³-hybridized carbons (Fsp3) is 0.444. The molecule has 2 heterocycles. The molecule has 1 saturated heterocycles. The number of hydrogen-bond donors (Lipinski definition) is 6. The fourth-order valence-electron chi connectivity index (χ4n) is 5.72. The van der Waals surface area contributed by atoms with Gasteiger partial charge in [-0.25, -0.2) is 9.80 Å². The summed E-state index contributed by atoms with van der Waals surface area (Å²) in [5.41, 5.74) is 6.30. The summed E-state index contributed by atoms with van der Waals surface area (Å²) < 4.78 is 27.2. The molecule has 18 heteroatoms. The van der Waals surface area contributed by atoms with Crippen molar-refractivity contribution in [3.05, 3.63) is 53.6 Å². The maximum Gasteiger partial charge on any atom is 0.333 e. The van der Waals surface area contributed by atoms with Crippen LogP contribution in [0.4, 0.5) is 10.5 Å². The summed E-state index contributed by atoms with van der Waals surface area (Å²) in [5, 5.41) is 26.2. The normalized spacial score (nSPS) is 14.1. The number of anilines is 1. The molecule has 2 aliphatic rings. The maximum absolute atomic E-state index is 13.7. The van der Waals surface area contributed by atoms with Gasteiger partial charge in [-0.2, -0.15) is 5.10 Å². The Kier molecular flexibility index (Phi) is 14.9. The maximum atomic E-state index is 13.7. The van der Waals surface area contributed by atoms with Crippen molar-refractivity contribution in [2.75, 3.05) is 91.0 Å². The molecule has 1 atom stereocenters. The Morgan fingerprint density at radius 2 is 1.57 bits per heavy atom. The number of H-pyrrole nitrogens is 1. The molecular weight excluding hydrogens is 706 g/mol. The average Bonchev–Trinajstić information content (AvgIpc) is 3.73. The van der Waals surface area contributed by atoms with Crippen molar-refractivity contribution < 1.29 is 52.8 Å². The monoisotopic (exact) mass is 751 g/mol. The Morgan fingerprint density at radius 3 is 2.24 bits per heavy atom. The molecule has 18 nitrogen and oxygen atoms in total. The number of ketones is 1. The van der Waals surface area contributed by atoms with Gasteiger partial charge < -0.3 is 44.7 Å². The van der Waals surface area contributed by atoms with Crippen LogP contribution in [0.15, 0.2) is 42.5 Å². The third kappa shape index (κ3) is 10.8. The zero-order valence-electron chi connectivity index (χ0n) is 29.9. The minimum atomic E-state index is -1.15. The van der Waals surface area contributed by atoms with Crippen molar-refractivity contribution in [1.82, 2.24) is 31.3 Å². The molecule has 1 aliphatic carbocycles. The highest BCUT2D eigenvalue weighted by Crippen LogP contribution is 2.43. The molecule has 3 aromatic rings. The number of nitrogens with zero attached hydrogens (tertiary/aromatic N) is 2. The number of aromatic amines is 1. The Labute approximate surface area is 311 Å². The number of amides is 4. The highest BCUT2D eigenvalue weighted by molar-refractivity contribution is 6.26. The van der Waals surface area contributed by atoms with E-state index < -0.39 is 23.8 Å². The molecule has 1 aliphatic heterocycles. The predicted octanol–water partition coefficient (Wildman–Crippen LogP) is 1.43. The van der Waals surface area contributed by atoms with Crippen LogP contribution in [0.1, 0.15) is 29.3 Å². The lowest BCUT2D eigenvalue weighted by Gasteiger charge is -2.27. The van der Waals surface area contributed by atoms with Crippen LogP contribution in [-0.4, -0.2) is 136 Å². The predicted molar refractivity (Wildman–Crippen MR) is 193 cm³/mol. The number of nitrogens with one attached hydrogen (secondary N) is 5. The number of hydrogen-bond acceptors (Lipinski definition) is 12. The minimum absolute atomic E-state index is 0.201. The van der Waals surface area contributed by atoms with E-state index in [1.807, 2.05) is 0 Å². The minimum Gasteiger partial charge on any atom is -0.484 e. The Hall–Kier alpha value is -5.40. The molecule has 2 aromatic carbocycles. The van der Waals surface area contributed by atoms with Crippen LogP contribution >= 0.6 is 0 Å². The first kappa shape index (κ1) is 39.8. The van der Waals surface area contributed by atoms with Crippen molar-refractivity contribution in [2.24, 2.45) is 5.92 Å². The summed E-state index contributed by atoms with van der Waals surface area (Å²) in [6.07, 6.45) is 0.218. The number of fused-ring (bicyclic) bond motifs is 3. The molecule has 0 saturated carbocycles. The topological polar surface area (TPSA) is 232 Å². The Bertz CT molecular complexity index is 1760. The van der Waals surface area contributed by atoms with Crippen LogP contribution in [-0.2, 0) is 33.3 Å². The lowest BCUT2D eigenvalue weighted by molar-refractivity contribution is -0.147. The highest BCUT2D eigenvalue weighted by Gasteiger charge is 2.35. The first-order valence-corrected chi connectivity index (χ1v) is 17.7. The Balaban J connectivity index is 0.953. The van der Waals surface area contributed by atoms with E-state index >= 15 is 0 Å². The smallest absolute Gasteiger partial charge is 0.333 e. The van der Waals surface area contributed by atoms with Crippen LogP contribution in [0.5, 0.6) is 5.75 Å². The molecule has 0 radical (unpaired) electrons. The summed E-state index contributed by atoms with van der Waals surface area (Å²) in [6, 6.07) is 11.7. The van der Waals surface area contributed by atoms with Gasteiger partial charge in [0, 0.05) is 37.3 Å². The fourth-order valence-corrected chi connectivity index (χ4v) is 5.72. The number of carbonyl (C=O) groups excluding carboxylic acids is 4. The SMILES string of the molecule is CCC(C(=O)O)C(=O)NCCOCCOCCOCCNC(=O)COc1ccc(-c2[nH]nc3c2C(=O)c2c(NC(=O)NN4CCOCC4)cccc2-3)cc1. The molecular formula is C36H45N7O11. The van der Waals surface area contributed by atoms with E-state index in [-0.39, 0.29) is 51.0 Å². The first-order valence-electron chi connectivity index (χ1n) is 17.7. The van der Waals surface area contributed by atoms with Gasteiger partial charge in [0.1, 0.15) is 17.4 Å². The highest BCUT2D eigenvalue weighted by atomic mass is 16.5. The first-order chi connectivity index (χ1) is 26.3. The second kappa shape index (κ2) is 20.2. The van der Waals surface area contributed by atoms with E-state index in [1.165, 1.54) is 0 Å². The van der Waals surface area contributed by atoms with E-state index in [0.29, 0.717) is 97.8 Å². The summed E-state index contributed by atoms with van der Waals surface area (Å²) >= 11 is 0. The zero-order chi connectivity index (χ0) is 38.3. The van der Waals surface area contributed by atoms with Crippen LogP contribution < -0.4 is 26.1 Å². The molecule has 0 spiro atoms. The van der Waals surface area contributed by atoms with E-state index in [2.05, 4.69) is 31.6 Å². The van der Waals surface area contributed by atoms with Gasteiger partial charge >= 0.3 is 12.0 Å². The number of morpholine rings is 1. The number of ether oxygens (including phenoxy) is 5. The molecule has 290 valence electrons. The lowest BCUT2D eigenvalue weighted by atomic mass is 10.0. The number of aliphatic carboxylic acids is 1. The van der Waals surface area contributed by atoms with E-state index in [1.54, 1.807) is 54.4 Å². The summed E-state index contributed by atoms with van der Waals surface area (Å²) in [5.74, 6) is -2.86. The van der Waals surface area contributed by atoms with Crippen LogP contribution in [0.3, 0.4) is 0 Å². The third-order valence-electron chi connectivity index (χ3n) is 8.45. The number of carboxylic acids is 1. The molecule has 5 rings (SSSR count). The van der Waals surface area contributed by atoms with Crippen molar-refractivity contribution in [1.29, 1.82) is 0 Å². The molecule has 54 heavy (non-hydrogen) atoms. The summed E-state index contributed by atoms with van der Waals surface area (Å²) in [6.45, 7) is 5.92. The molecule has 4 amide bonds. The van der Waals surface area contributed by atoms with E-state index in [0.717, 1.165) is 0 Å². The van der Waals surface area contributed by atoms with Gasteiger partial charge in [0.05, 0.1) is 75.4 Å². The number of aromatic nitrogens is 2. The van der Waals surface area contributed by atoms with Crippen LogP contribution in [0.25, 0.3) is 22.5 Å². The quantitative estimate of drug-likeness (QED) is 0.0523. The molecule has 1 aromatic heterocycles. The van der Waals surface area contributed by atoms with Gasteiger partial charge in [-0.1, -0.05) is 19.1 Å². The second-order valence-electron chi connectivity index (χ2n) is 12.1. The van der Waals surface area contributed by atoms with Crippen molar-refractivity contribution in [2.45, 2.75) is 13.3 Å². The third-order valence-corrected chi connectivity index (χ3v) is 8.45. The number of rotatable bonds is 21. The van der Waals surface area contributed by atoms with Gasteiger partial charge in [0.15, 0.2) is 12.4 Å². The average molecular weight is 752 g/mol. The number of benzene rings is 2. The molecule has 1 unspecified atom stereocenters. The summed E-state index contributed by atoms with van der Waals surface area (Å²) in [4.78, 5) is 61.4. The number of carbonyl (C=O) groups is 5. The molecule has 1 fully saturated rings. The van der Waals surface area contributed by atoms with E-state index in [9.17, 15) is 24.0 Å². The van der Waals surface area contributed by atoms with Crippen molar-refractivity contribution in [3.8, 4) is 28.3 Å². The molecule has 6 N–H and O–H groups in total. The standard InChI is InChI=1S/C36H45N7O11/c1-2-25(35(47)48)34(46)38-11-15-51-19-21-53-20-18-50-14-10-37-28(44)22-54-24-8-6-23(7-9-24)31-30-32(41-40-31)26-4-3-5-27(29(26)33(30)45)39-36(49)42-43-12-16-52-17-13-43/h3-9,25H,2,10-22H2,1H3,(H,37,44)(H,38,46)(H,40,41)(H,47,48)(H2,39,42,49). The number of carboxylic acid groups (broad SMARTS) is 1. The van der Waals surface area contributed by atoms with Gasteiger partial charge in [-0.3, -0.25) is 29.7 Å². The van der Waals surface area contributed by atoms with Crippen molar-refractivity contribution in [3.63, 3.8) is 0 Å². The second-order valence-corrected chi connectivity index (χ2v) is 12.1. The van der Waals surface area contributed by atoms with Crippen LogP contribution in [0.2, 0.25) is 0 Å². The zero-order valence-corrected chi connectivity index (χ0v) is 29.9.